The number of piperidine rings is 1. The Bertz CT molecular complexity index is 1730. The van der Waals surface area contributed by atoms with Crippen molar-refractivity contribution in [3.8, 4) is 17.2 Å². The van der Waals surface area contributed by atoms with Gasteiger partial charge in [0.1, 0.15) is 6.23 Å². The fourth-order valence-corrected chi connectivity index (χ4v) is 7.74. The van der Waals surface area contributed by atoms with Gasteiger partial charge >= 0.3 is 0 Å². The van der Waals surface area contributed by atoms with E-state index < -0.39 is 23.6 Å². The van der Waals surface area contributed by atoms with Crippen LogP contribution in [0.4, 0.5) is 0 Å². The van der Waals surface area contributed by atoms with Crippen molar-refractivity contribution in [2.75, 3.05) is 19.6 Å². The highest BCUT2D eigenvalue weighted by molar-refractivity contribution is 7.19. The average molecular weight is 621 g/mol. The van der Waals surface area contributed by atoms with Gasteiger partial charge in [-0.2, -0.15) is 5.26 Å². The summed E-state index contributed by atoms with van der Waals surface area (Å²) in [4.78, 5) is 8.83. The lowest BCUT2D eigenvalue weighted by Crippen LogP contribution is -2.56. The van der Waals surface area contributed by atoms with Gasteiger partial charge in [-0.3, -0.25) is 4.98 Å². The van der Waals surface area contributed by atoms with Crippen LogP contribution in [0, 0.1) is 16.7 Å². The third-order valence-corrected chi connectivity index (χ3v) is 9.80. The zero-order valence-corrected chi connectivity index (χ0v) is 26.2. The lowest BCUT2D eigenvalue weighted by Gasteiger charge is -2.44. The summed E-state index contributed by atoms with van der Waals surface area (Å²) in [7, 11) is 0. The number of aliphatic hydroxyl groups is 3. The number of halogens is 1. The first-order valence-electron chi connectivity index (χ1n) is 14.5. The monoisotopic (exact) mass is 620 g/mol. The Morgan fingerprint density at radius 2 is 1.95 bits per heavy atom. The van der Waals surface area contributed by atoms with Gasteiger partial charge in [0.15, 0.2) is 6.35 Å². The average Bonchev–Trinajstić information content (AvgIpc) is 3.56. The second-order valence-electron chi connectivity index (χ2n) is 12.5. The van der Waals surface area contributed by atoms with Crippen LogP contribution in [0.1, 0.15) is 38.5 Å². The lowest BCUT2D eigenvalue weighted by molar-refractivity contribution is -0.174. The molecule has 11 heteroatoms. The molecule has 6 rings (SSSR count). The normalized spacial score (nSPS) is 21.3. The number of nitrogens with one attached hydrogen (secondary N) is 1. The molecule has 5 heterocycles. The smallest absolute Gasteiger partial charge is 0.188 e. The highest BCUT2D eigenvalue weighted by atomic mass is 35.5. The van der Waals surface area contributed by atoms with Crippen LogP contribution >= 0.6 is 22.9 Å². The third kappa shape index (κ3) is 5.91. The van der Waals surface area contributed by atoms with Crippen molar-refractivity contribution in [1.29, 1.82) is 5.26 Å². The Labute approximate surface area is 260 Å². The van der Waals surface area contributed by atoms with Gasteiger partial charge in [0, 0.05) is 64.6 Å². The Hall–Kier alpha value is -3.01. The summed E-state index contributed by atoms with van der Waals surface area (Å²) in [6, 6.07) is 12.6. The van der Waals surface area contributed by atoms with Gasteiger partial charge in [0.05, 0.1) is 32.8 Å². The predicted molar refractivity (Wildman–Crippen MR) is 170 cm³/mol. The van der Waals surface area contributed by atoms with E-state index in [1.54, 1.807) is 47.4 Å². The molecule has 4 aromatic rings. The molecule has 0 saturated carbocycles. The number of aromatic nitrogens is 2. The van der Waals surface area contributed by atoms with E-state index in [1.165, 1.54) is 0 Å². The zero-order chi connectivity index (χ0) is 30.5. The molecule has 2 aliphatic rings. The fourth-order valence-electron chi connectivity index (χ4n) is 6.36. The molecule has 4 N–H and O–H groups in total. The molecular weight excluding hydrogens is 584 g/mol. The van der Waals surface area contributed by atoms with Gasteiger partial charge in [-0.1, -0.05) is 11.6 Å². The molecule has 1 fully saturated rings. The minimum absolute atomic E-state index is 0.209. The summed E-state index contributed by atoms with van der Waals surface area (Å²) < 4.78 is 3.18. The number of aliphatic hydroxyl groups excluding tert-OH is 2. The Kier molecular flexibility index (Phi) is 8.02. The van der Waals surface area contributed by atoms with E-state index in [1.807, 2.05) is 31.2 Å². The topological polar surface area (TPSA) is 121 Å². The molecule has 43 heavy (non-hydrogen) atoms. The van der Waals surface area contributed by atoms with Crippen molar-refractivity contribution in [2.45, 2.75) is 64.9 Å². The quantitative estimate of drug-likeness (QED) is 0.231. The Balaban J connectivity index is 1.38. The number of hydrogen-bond acceptors (Lipinski definition) is 9. The number of nitriles is 1. The maximum absolute atomic E-state index is 11.2. The molecule has 0 aliphatic carbocycles. The first kappa shape index (κ1) is 30.0. The first-order chi connectivity index (χ1) is 20.5. The van der Waals surface area contributed by atoms with E-state index in [2.05, 4.69) is 33.2 Å². The van der Waals surface area contributed by atoms with Gasteiger partial charge in [-0.15, -0.1) is 11.3 Å². The van der Waals surface area contributed by atoms with Crippen LogP contribution in [0.25, 0.3) is 32.2 Å². The molecule has 2 unspecified atom stereocenters. The van der Waals surface area contributed by atoms with Crippen LogP contribution in [0.15, 0.2) is 54.5 Å². The second kappa shape index (κ2) is 11.5. The van der Waals surface area contributed by atoms with E-state index in [9.17, 15) is 20.6 Å². The van der Waals surface area contributed by atoms with Crippen LogP contribution in [0.3, 0.4) is 0 Å². The molecular formula is C32H37ClN6O3S. The minimum Gasteiger partial charge on any atom is -0.389 e. The summed E-state index contributed by atoms with van der Waals surface area (Å²) in [5.41, 5.74) is 3.04. The highest BCUT2D eigenvalue weighted by Crippen LogP contribution is 2.41. The van der Waals surface area contributed by atoms with Crippen LogP contribution < -0.4 is 5.32 Å². The fraction of sp³-hybridized carbons (Fsp3) is 0.438. The van der Waals surface area contributed by atoms with Crippen molar-refractivity contribution in [3.63, 3.8) is 0 Å². The maximum atomic E-state index is 11.2. The molecule has 9 nitrogen and oxygen atoms in total. The van der Waals surface area contributed by atoms with E-state index in [4.69, 9.17) is 11.6 Å². The molecule has 226 valence electrons. The van der Waals surface area contributed by atoms with E-state index in [0.717, 1.165) is 63.1 Å². The van der Waals surface area contributed by atoms with Crippen molar-refractivity contribution in [2.24, 2.45) is 5.41 Å². The molecule has 2 aliphatic heterocycles. The number of β-amino-alcohol motifs (C(OH)–C–C–N with tert-alkyl or cyclic N) is 1. The highest BCUT2D eigenvalue weighted by Gasteiger charge is 2.36. The Morgan fingerprint density at radius 3 is 2.67 bits per heavy atom. The maximum Gasteiger partial charge on any atom is 0.188 e. The van der Waals surface area contributed by atoms with Gasteiger partial charge in [-0.25, -0.2) is 4.90 Å². The van der Waals surface area contributed by atoms with Crippen molar-refractivity contribution >= 4 is 44.1 Å². The van der Waals surface area contributed by atoms with Gasteiger partial charge in [0.25, 0.3) is 0 Å². The van der Waals surface area contributed by atoms with Gasteiger partial charge in [0.2, 0.25) is 0 Å². The van der Waals surface area contributed by atoms with Crippen LogP contribution in [0.2, 0.25) is 5.02 Å². The van der Waals surface area contributed by atoms with Crippen molar-refractivity contribution in [1.82, 2.24) is 24.7 Å². The first-order valence-corrected chi connectivity index (χ1v) is 15.7. The number of benzene rings is 1. The minimum atomic E-state index is -1.11. The number of fused-ring (bicyclic) bond motifs is 2. The SMILES string of the molecule is CC1=CN(CC(C)(C)O)C(O)N(Cc2cc3nccc(-c4cc(Cl)cc5ccn(CC6(C#N)CCNCC6)c45)c3s2)C1O. The number of hydrogen-bond donors (Lipinski definition) is 4. The van der Waals surface area contributed by atoms with Crippen LogP contribution in [-0.4, -0.2) is 72.5 Å². The largest absolute Gasteiger partial charge is 0.389 e. The van der Waals surface area contributed by atoms with Crippen LogP contribution in [0.5, 0.6) is 0 Å². The van der Waals surface area contributed by atoms with Gasteiger partial charge in [-0.05, 0) is 82.6 Å². The van der Waals surface area contributed by atoms with E-state index in [0.29, 0.717) is 17.1 Å². The summed E-state index contributed by atoms with van der Waals surface area (Å²) in [6.45, 7) is 7.95. The number of rotatable bonds is 7. The lowest BCUT2D eigenvalue weighted by atomic mass is 9.80. The number of pyridine rings is 1. The molecule has 2 atom stereocenters. The molecule has 0 amide bonds. The Morgan fingerprint density at radius 1 is 1.19 bits per heavy atom. The molecule has 3 aromatic heterocycles. The summed E-state index contributed by atoms with van der Waals surface area (Å²) in [5, 5.41) is 47.7. The molecule has 0 bridgehead atoms. The molecule has 1 aromatic carbocycles. The van der Waals surface area contributed by atoms with Crippen LogP contribution in [-0.2, 0) is 13.1 Å². The standard InChI is InChI=1S/C32H37ClN6O3S/c1-20-15-38(18-31(2,3)42)30(41)39(29(20)40)16-23-14-26-28(43-23)24(4-8-36-26)25-13-22(33)12-21-5-11-37(27(21)25)19-32(17-34)6-9-35-10-7-32/h4-5,8,11-15,29-30,35,40-42H,6-7,9-10,16,18-19H2,1-3H3. The summed E-state index contributed by atoms with van der Waals surface area (Å²) in [5.74, 6) is 0. The van der Waals surface area contributed by atoms with Gasteiger partial charge < -0.3 is 30.1 Å². The number of thiophene rings is 1. The predicted octanol–water partition coefficient (Wildman–Crippen LogP) is 4.85. The van der Waals surface area contributed by atoms with E-state index in [-0.39, 0.29) is 13.1 Å². The molecule has 0 spiro atoms. The third-order valence-electron chi connectivity index (χ3n) is 8.44. The van der Waals surface area contributed by atoms with E-state index >= 15 is 0 Å². The summed E-state index contributed by atoms with van der Waals surface area (Å²) in [6.07, 6.45) is 5.07. The zero-order valence-electron chi connectivity index (χ0n) is 24.6. The number of nitrogens with zero attached hydrogens (tertiary/aromatic N) is 5. The van der Waals surface area contributed by atoms with Crippen molar-refractivity contribution < 1.29 is 15.3 Å². The van der Waals surface area contributed by atoms with Crippen molar-refractivity contribution in [3.05, 3.63) is 64.4 Å². The second-order valence-corrected chi connectivity index (χ2v) is 14.1. The molecule has 0 radical (unpaired) electrons. The summed E-state index contributed by atoms with van der Waals surface area (Å²) >= 11 is 8.22. The molecule has 1 saturated heterocycles.